The van der Waals surface area contributed by atoms with Crippen LogP contribution in [0.25, 0.3) is 0 Å². The molecule has 0 aromatic carbocycles. The number of nitriles is 1. The van der Waals surface area contributed by atoms with Crippen LogP contribution in [0.4, 0.5) is 0 Å². The van der Waals surface area contributed by atoms with Gasteiger partial charge in [-0.05, 0) is 32.6 Å². The molecule has 0 saturated carbocycles. The standard InChI is InChI=1S/C13H21N/c1-6-8-13(10-14,12(4)5)9-7-11(2)3/h6-7,12H,1,8-9H2,2-5H3. The quantitative estimate of drug-likeness (QED) is 0.600. The van der Waals surface area contributed by atoms with Crippen LogP contribution in [0.2, 0.25) is 0 Å². The van der Waals surface area contributed by atoms with Gasteiger partial charge in [-0.3, -0.25) is 0 Å². The predicted molar refractivity (Wildman–Crippen MR) is 61.7 cm³/mol. The number of nitrogens with zero attached hydrogens (tertiary/aromatic N) is 1. The van der Waals surface area contributed by atoms with Gasteiger partial charge in [-0.2, -0.15) is 5.26 Å². The van der Waals surface area contributed by atoms with E-state index in [1.54, 1.807) is 0 Å². The van der Waals surface area contributed by atoms with Crippen molar-refractivity contribution in [2.45, 2.75) is 40.5 Å². The third-order valence-corrected chi connectivity index (χ3v) is 2.71. The summed E-state index contributed by atoms with van der Waals surface area (Å²) in [4.78, 5) is 0. The smallest absolute Gasteiger partial charge is 0.0699 e. The van der Waals surface area contributed by atoms with Gasteiger partial charge in [0.2, 0.25) is 0 Å². The van der Waals surface area contributed by atoms with E-state index in [1.807, 2.05) is 6.08 Å². The second kappa shape index (κ2) is 5.65. The zero-order chi connectivity index (χ0) is 11.2. The fraction of sp³-hybridized carbons (Fsp3) is 0.615. The van der Waals surface area contributed by atoms with Crippen molar-refractivity contribution in [1.29, 1.82) is 5.26 Å². The van der Waals surface area contributed by atoms with Gasteiger partial charge in [-0.25, -0.2) is 0 Å². The van der Waals surface area contributed by atoms with E-state index in [-0.39, 0.29) is 5.41 Å². The summed E-state index contributed by atoms with van der Waals surface area (Å²) in [7, 11) is 0. The van der Waals surface area contributed by atoms with Gasteiger partial charge in [0.1, 0.15) is 0 Å². The highest BCUT2D eigenvalue weighted by Crippen LogP contribution is 2.35. The maximum absolute atomic E-state index is 9.26. The Labute approximate surface area is 88.1 Å². The second-order valence-electron chi connectivity index (χ2n) is 4.40. The topological polar surface area (TPSA) is 23.8 Å². The minimum Gasteiger partial charge on any atom is -0.198 e. The zero-order valence-corrected chi connectivity index (χ0v) is 9.80. The summed E-state index contributed by atoms with van der Waals surface area (Å²) in [5.41, 5.74) is 1.01. The summed E-state index contributed by atoms with van der Waals surface area (Å²) in [5.74, 6) is 0.362. The van der Waals surface area contributed by atoms with E-state index in [0.717, 1.165) is 12.8 Å². The average Bonchev–Trinajstić information content (AvgIpc) is 2.11. The van der Waals surface area contributed by atoms with Crippen molar-refractivity contribution in [2.75, 3.05) is 0 Å². The monoisotopic (exact) mass is 191 g/mol. The molecular weight excluding hydrogens is 170 g/mol. The Kier molecular flexibility index (Phi) is 5.23. The van der Waals surface area contributed by atoms with Crippen molar-refractivity contribution in [3.63, 3.8) is 0 Å². The van der Waals surface area contributed by atoms with E-state index in [1.165, 1.54) is 5.57 Å². The lowest BCUT2D eigenvalue weighted by Crippen LogP contribution is -2.24. The summed E-state index contributed by atoms with van der Waals surface area (Å²) in [6.45, 7) is 12.1. The lowest BCUT2D eigenvalue weighted by atomic mass is 9.73. The van der Waals surface area contributed by atoms with Crippen molar-refractivity contribution >= 4 is 0 Å². The first-order valence-corrected chi connectivity index (χ1v) is 5.14. The van der Waals surface area contributed by atoms with E-state index in [4.69, 9.17) is 0 Å². The third kappa shape index (κ3) is 3.38. The van der Waals surface area contributed by atoms with Crippen LogP contribution in [0, 0.1) is 22.7 Å². The molecule has 1 heteroatoms. The normalized spacial score (nSPS) is 14.3. The highest BCUT2D eigenvalue weighted by molar-refractivity contribution is 5.09. The molecule has 0 aromatic rings. The maximum Gasteiger partial charge on any atom is 0.0699 e. The molecule has 1 unspecified atom stereocenters. The van der Waals surface area contributed by atoms with Gasteiger partial charge in [0.15, 0.2) is 0 Å². The summed E-state index contributed by atoms with van der Waals surface area (Å²) in [6.07, 6.45) is 5.59. The molecule has 0 aliphatic carbocycles. The van der Waals surface area contributed by atoms with Gasteiger partial charge >= 0.3 is 0 Å². The highest BCUT2D eigenvalue weighted by Gasteiger charge is 2.31. The Morgan fingerprint density at radius 3 is 2.29 bits per heavy atom. The molecule has 0 aliphatic rings. The SMILES string of the molecule is C=CCC(C#N)(CC=C(C)C)C(C)C. The summed E-state index contributed by atoms with van der Waals surface area (Å²) in [5, 5.41) is 9.26. The van der Waals surface area contributed by atoms with Gasteiger partial charge in [0.25, 0.3) is 0 Å². The predicted octanol–water partition coefficient (Wildman–Crippen LogP) is 4.08. The third-order valence-electron chi connectivity index (χ3n) is 2.71. The van der Waals surface area contributed by atoms with Gasteiger partial charge in [-0.15, -0.1) is 6.58 Å². The minimum atomic E-state index is -0.265. The second-order valence-corrected chi connectivity index (χ2v) is 4.40. The Morgan fingerprint density at radius 1 is 1.43 bits per heavy atom. The van der Waals surface area contributed by atoms with Crippen LogP contribution in [-0.4, -0.2) is 0 Å². The van der Waals surface area contributed by atoms with Crippen LogP contribution in [0.5, 0.6) is 0 Å². The van der Waals surface area contributed by atoms with Crippen LogP contribution < -0.4 is 0 Å². The van der Waals surface area contributed by atoms with Crippen LogP contribution >= 0.6 is 0 Å². The Balaban J connectivity index is 4.78. The molecule has 0 heterocycles. The van der Waals surface area contributed by atoms with E-state index >= 15 is 0 Å². The maximum atomic E-state index is 9.26. The van der Waals surface area contributed by atoms with Gasteiger partial charge in [-0.1, -0.05) is 31.6 Å². The average molecular weight is 191 g/mol. The van der Waals surface area contributed by atoms with Crippen molar-refractivity contribution in [3.05, 3.63) is 24.3 Å². The van der Waals surface area contributed by atoms with E-state index < -0.39 is 0 Å². The van der Waals surface area contributed by atoms with Gasteiger partial charge in [0, 0.05) is 0 Å². The molecule has 0 N–H and O–H groups in total. The van der Waals surface area contributed by atoms with Crippen molar-refractivity contribution in [2.24, 2.45) is 11.3 Å². The molecule has 0 bridgehead atoms. The minimum absolute atomic E-state index is 0.265. The first-order valence-electron chi connectivity index (χ1n) is 5.14. The van der Waals surface area contributed by atoms with E-state index in [2.05, 4.69) is 46.4 Å². The first kappa shape index (κ1) is 13.0. The van der Waals surface area contributed by atoms with Crippen molar-refractivity contribution in [3.8, 4) is 6.07 Å². The molecule has 0 saturated heterocycles. The van der Waals surface area contributed by atoms with Crippen LogP contribution in [-0.2, 0) is 0 Å². The van der Waals surface area contributed by atoms with E-state index in [9.17, 15) is 5.26 Å². The lowest BCUT2D eigenvalue weighted by molar-refractivity contribution is 0.283. The van der Waals surface area contributed by atoms with Crippen LogP contribution in [0.3, 0.4) is 0 Å². The molecule has 0 fully saturated rings. The molecule has 78 valence electrons. The largest absolute Gasteiger partial charge is 0.198 e. The molecule has 1 nitrogen and oxygen atoms in total. The number of allylic oxidation sites excluding steroid dienone is 3. The van der Waals surface area contributed by atoms with Crippen molar-refractivity contribution in [1.82, 2.24) is 0 Å². The van der Waals surface area contributed by atoms with Crippen LogP contribution in [0.15, 0.2) is 24.3 Å². The summed E-state index contributed by atoms with van der Waals surface area (Å²) in [6, 6.07) is 2.46. The molecule has 1 atom stereocenters. The van der Waals surface area contributed by atoms with Crippen LogP contribution in [0.1, 0.15) is 40.5 Å². The van der Waals surface area contributed by atoms with Gasteiger partial charge < -0.3 is 0 Å². The van der Waals surface area contributed by atoms with Gasteiger partial charge in [0.05, 0.1) is 11.5 Å². The Hall–Kier alpha value is -1.03. The lowest BCUT2D eigenvalue weighted by Gasteiger charge is -2.28. The molecule has 0 spiro atoms. The molecule has 0 aromatic heterocycles. The fourth-order valence-electron chi connectivity index (χ4n) is 1.42. The molecular formula is C13H21N. The zero-order valence-electron chi connectivity index (χ0n) is 9.80. The first-order chi connectivity index (χ1) is 6.48. The molecule has 0 radical (unpaired) electrons. The summed E-state index contributed by atoms with van der Waals surface area (Å²) >= 11 is 0. The summed E-state index contributed by atoms with van der Waals surface area (Å²) < 4.78 is 0. The Morgan fingerprint density at radius 2 is 2.00 bits per heavy atom. The molecule has 0 rings (SSSR count). The number of rotatable bonds is 5. The number of hydrogen-bond acceptors (Lipinski definition) is 1. The fourth-order valence-corrected chi connectivity index (χ4v) is 1.42. The number of hydrogen-bond donors (Lipinski definition) is 0. The molecule has 0 amide bonds. The molecule has 14 heavy (non-hydrogen) atoms. The van der Waals surface area contributed by atoms with E-state index in [0.29, 0.717) is 5.92 Å². The Bertz CT molecular complexity index is 251. The highest BCUT2D eigenvalue weighted by atomic mass is 14.4. The molecule has 0 aliphatic heterocycles. The van der Waals surface area contributed by atoms with Crippen molar-refractivity contribution < 1.29 is 0 Å².